The van der Waals surface area contributed by atoms with Crippen LogP contribution in [0.5, 0.6) is 0 Å². The molecule has 0 heterocycles. The maximum Gasteiger partial charge on any atom is 0.434 e. The number of carbonyl (C=O) groups excluding carboxylic acids is 1. The predicted octanol–water partition coefficient (Wildman–Crippen LogP) is 6.27. The fourth-order valence-corrected chi connectivity index (χ4v) is 3.36. The minimum Gasteiger partial charge on any atom is -0.502 e. The van der Waals surface area contributed by atoms with Gasteiger partial charge in [-0.05, 0) is 12.8 Å². The van der Waals surface area contributed by atoms with Crippen LogP contribution in [0.2, 0.25) is 0 Å². The molecule has 0 amide bonds. The SMILES string of the molecule is C=COCCCCOC(=O)C1(F)C(F)(C(F)(F)F)C(F)(F)C(F)(C(F)(F)F)C(F)(F)C1(F)C(F)(F)F. The van der Waals surface area contributed by atoms with Crippen LogP contribution in [0.1, 0.15) is 12.8 Å². The molecule has 2 atom stereocenters. The molecule has 0 bridgehead atoms. The van der Waals surface area contributed by atoms with E-state index >= 15 is 4.39 Å². The fourth-order valence-electron chi connectivity index (χ4n) is 3.36. The standard InChI is InChI=1S/C16H11F17O3/c1-2-35-5-3-4-6-36-7(34)8(17)9(18,14(25,26)27)12(21,22)11(20,16(31,32)33)13(23,24)10(8,19)15(28,29)30/h2H,1,3-6H2. The van der Waals surface area contributed by atoms with Gasteiger partial charge in [-0.1, -0.05) is 6.58 Å². The molecule has 0 aromatic rings. The van der Waals surface area contributed by atoms with E-state index in [1.165, 1.54) is 0 Å². The van der Waals surface area contributed by atoms with Crippen molar-refractivity contribution < 1.29 is 88.9 Å². The lowest BCUT2D eigenvalue weighted by atomic mass is 9.55. The predicted molar refractivity (Wildman–Crippen MR) is 79.8 cm³/mol. The third kappa shape index (κ3) is 3.51. The number of carbonyl (C=O) groups is 1. The Morgan fingerprint density at radius 3 is 1.28 bits per heavy atom. The molecule has 0 radical (unpaired) electrons. The van der Waals surface area contributed by atoms with Crippen molar-refractivity contribution in [1.29, 1.82) is 0 Å². The average molecular weight is 574 g/mol. The van der Waals surface area contributed by atoms with Crippen molar-refractivity contribution in [2.45, 2.75) is 65.9 Å². The molecular weight excluding hydrogens is 563 g/mol. The first-order chi connectivity index (χ1) is 15.7. The van der Waals surface area contributed by atoms with Crippen LogP contribution in [-0.2, 0) is 14.3 Å². The molecule has 212 valence electrons. The van der Waals surface area contributed by atoms with Crippen molar-refractivity contribution in [3.8, 4) is 0 Å². The van der Waals surface area contributed by atoms with Gasteiger partial charge < -0.3 is 9.47 Å². The lowest BCUT2D eigenvalue weighted by molar-refractivity contribution is -0.507. The molecule has 0 aromatic carbocycles. The van der Waals surface area contributed by atoms with Crippen molar-refractivity contribution in [2.75, 3.05) is 13.2 Å². The first-order valence-electron chi connectivity index (χ1n) is 8.84. The summed E-state index contributed by atoms with van der Waals surface area (Å²) in [4.78, 5) is 11.8. The normalized spacial score (nSPS) is 34.7. The van der Waals surface area contributed by atoms with Crippen molar-refractivity contribution in [2.24, 2.45) is 0 Å². The van der Waals surface area contributed by atoms with E-state index in [2.05, 4.69) is 16.1 Å². The van der Waals surface area contributed by atoms with Gasteiger partial charge in [-0.15, -0.1) is 0 Å². The third-order valence-corrected chi connectivity index (χ3v) is 5.14. The quantitative estimate of drug-likeness (QED) is 0.156. The number of hydrogen-bond donors (Lipinski definition) is 0. The highest BCUT2D eigenvalue weighted by Gasteiger charge is 3.11. The monoisotopic (exact) mass is 574 g/mol. The second-order valence-electron chi connectivity index (χ2n) is 7.16. The van der Waals surface area contributed by atoms with Crippen molar-refractivity contribution >= 4 is 5.97 Å². The van der Waals surface area contributed by atoms with E-state index < -0.39 is 85.1 Å². The Bertz CT molecular complexity index is 804. The van der Waals surface area contributed by atoms with Crippen LogP contribution in [0.15, 0.2) is 12.8 Å². The molecule has 20 heteroatoms. The number of halogens is 17. The maximum atomic E-state index is 15.2. The van der Waals surface area contributed by atoms with Gasteiger partial charge in [-0.25, -0.2) is 22.4 Å². The lowest BCUT2D eigenvalue weighted by Gasteiger charge is -2.59. The van der Waals surface area contributed by atoms with E-state index in [4.69, 9.17) is 0 Å². The number of esters is 1. The Hall–Kier alpha value is -2.18. The van der Waals surface area contributed by atoms with E-state index in [9.17, 15) is 75.0 Å². The zero-order valence-corrected chi connectivity index (χ0v) is 16.8. The number of ether oxygens (including phenoxy) is 2. The Morgan fingerprint density at radius 2 is 0.972 bits per heavy atom. The first-order valence-corrected chi connectivity index (χ1v) is 8.84. The van der Waals surface area contributed by atoms with Gasteiger partial charge in [-0.2, -0.15) is 57.1 Å². The van der Waals surface area contributed by atoms with Crippen LogP contribution in [0, 0.1) is 0 Å². The van der Waals surface area contributed by atoms with Gasteiger partial charge >= 0.3 is 59.0 Å². The number of hydrogen-bond acceptors (Lipinski definition) is 3. The highest BCUT2D eigenvalue weighted by molar-refractivity contribution is 5.85. The van der Waals surface area contributed by atoms with Gasteiger partial charge in [0.25, 0.3) is 0 Å². The van der Waals surface area contributed by atoms with Crippen LogP contribution in [0.3, 0.4) is 0 Å². The molecule has 0 saturated heterocycles. The Kier molecular flexibility index (Phi) is 7.69. The zero-order valence-electron chi connectivity index (χ0n) is 16.8. The molecule has 0 aliphatic heterocycles. The molecule has 1 saturated carbocycles. The highest BCUT2D eigenvalue weighted by atomic mass is 19.4. The summed E-state index contributed by atoms with van der Waals surface area (Å²) in [5, 5.41) is 0. The zero-order chi connectivity index (χ0) is 29.0. The van der Waals surface area contributed by atoms with Crippen LogP contribution in [0.4, 0.5) is 74.6 Å². The van der Waals surface area contributed by atoms with E-state index in [-0.39, 0.29) is 0 Å². The summed E-state index contributed by atoms with van der Waals surface area (Å²) in [5.74, 6) is -21.7. The molecular formula is C16H11F17O3. The molecule has 1 fully saturated rings. The first kappa shape index (κ1) is 31.8. The molecule has 1 aliphatic rings. The number of unbranched alkanes of at least 4 members (excludes halogenated alkanes) is 1. The average Bonchev–Trinajstić information content (AvgIpc) is 2.69. The third-order valence-electron chi connectivity index (χ3n) is 5.14. The Balaban J connectivity index is 4.09. The molecule has 0 N–H and O–H groups in total. The second kappa shape index (κ2) is 8.70. The molecule has 3 nitrogen and oxygen atoms in total. The molecule has 36 heavy (non-hydrogen) atoms. The van der Waals surface area contributed by atoms with Crippen molar-refractivity contribution in [1.82, 2.24) is 0 Å². The van der Waals surface area contributed by atoms with Crippen LogP contribution in [-0.4, -0.2) is 72.2 Å². The summed E-state index contributed by atoms with van der Waals surface area (Å²) in [6.07, 6.45) is -25.4. The minimum absolute atomic E-state index is 0.418. The minimum atomic E-state index is -8.71. The van der Waals surface area contributed by atoms with Gasteiger partial charge in [-0.3, -0.25) is 0 Å². The number of alkyl halides is 17. The number of rotatable bonds is 7. The summed E-state index contributed by atoms with van der Waals surface area (Å²) in [6.45, 7) is 0.883. The van der Waals surface area contributed by atoms with Crippen molar-refractivity contribution in [3.63, 3.8) is 0 Å². The van der Waals surface area contributed by atoms with Gasteiger partial charge in [0, 0.05) is 0 Å². The van der Waals surface area contributed by atoms with Gasteiger partial charge in [0.1, 0.15) is 0 Å². The maximum absolute atomic E-state index is 15.2. The molecule has 1 rings (SSSR count). The highest BCUT2D eigenvalue weighted by Crippen LogP contribution is 2.76. The summed E-state index contributed by atoms with van der Waals surface area (Å²) in [5.41, 5.74) is -33.9. The van der Waals surface area contributed by atoms with Crippen molar-refractivity contribution in [3.05, 3.63) is 12.8 Å². The summed E-state index contributed by atoms with van der Waals surface area (Å²) in [6, 6.07) is 0. The van der Waals surface area contributed by atoms with Gasteiger partial charge in [0.2, 0.25) is 0 Å². The lowest BCUT2D eigenvalue weighted by Crippen LogP contribution is -2.95. The van der Waals surface area contributed by atoms with Crippen LogP contribution >= 0.6 is 0 Å². The summed E-state index contributed by atoms with van der Waals surface area (Å²) >= 11 is 0. The largest absolute Gasteiger partial charge is 0.502 e. The molecule has 2 unspecified atom stereocenters. The van der Waals surface area contributed by atoms with Gasteiger partial charge in [0.05, 0.1) is 19.5 Å². The Morgan fingerprint density at radius 1 is 0.639 bits per heavy atom. The fraction of sp³-hybridized carbons (Fsp3) is 0.812. The van der Waals surface area contributed by atoms with E-state index in [0.717, 1.165) is 6.26 Å². The Labute approximate surface area is 188 Å². The molecule has 0 aromatic heterocycles. The smallest absolute Gasteiger partial charge is 0.434 e. The van der Waals surface area contributed by atoms with E-state index in [1.54, 1.807) is 0 Å². The topological polar surface area (TPSA) is 35.5 Å². The van der Waals surface area contributed by atoms with Gasteiger partial charge in [0.15, 0.2) is 0 Å². The van der Waals surface area contributed by atoms with E-state index in [0.29, 0.717) is 0 Å². The van der Waals surface area contributed by atoms with Crippen LogP contribution in [0.25, 0.3) is 0 Å². The van der Waals surface area contributed by atoms with Crippen LogP contribution < -0.4 is 0 Å². The summed E-state index contributed by atoms with van der Waals surface area (Å²) < 4.78 is 242. The molecule has 0 spiro atoms. The van der Waals surface area contributed by atoms with E-state index in [1.807, 2.05) is 0 Å². The molecule has 1 aliphatic carbocycles. The summed E-state index contributed by atoms with van der Waals surface area (Å²) in [7, 11) is 0. The second-order valence-corrected chi connectivity index (χ2v) is 7.16.